The predicted molar refractivity (Wildman–Crippen MR) is 111 cm³/mol. The van der Waals surface area contributed by atoms with Gasteiger partial charge >= 0.3 is 0 Å². The monoisotopic (exact) mass is 412 g/mol. The topological polar surface area (TPSA) is 82.2 Å². The van der Waals surface area contributed by atoms with Crippen molar-refractivity contribution in [1.82, 2.24) is 20.1 Å². The van der Waals surface area contributed by atoms with Crippen LogP contribution in [-0.2, 0) is 16.1 Å². The Labute approximate surface area is 173 Å². The van der Waals surface area contributed by atoms with Crippen LogP contribution in [0.3, 0.4) is 0 Å². The molecule has 2 aromatic heterocycles. The summed E-state index contributed by atoms with van der Waals surface area (Å²) in [5, 5.41) is 12.4. The maximum atomic E-state index is 12.3. The summed E-state index contributed by atoms with van der Waals surface area (Å²) in [5.41, 5.74) is 2.14. The number of ether oxygens (including phenoxy) is 1. The van der Waals surface area contributed by atoms with Gasteiger partial charge in [0.1, 0.15) is 5.76 Å². The second-order valence-corrected chi connectivity index (χ2v) is 8.01. The number of benzene rings is 1. The van der Waals surface area contributed by atoms with E-state index in [0.717, 1.165) is 42.2 Å². The number of hydrogen-bond donors (Lipinski definition) is 1. The number of hydrogen-bond acceptors (Lipinski definition) is 6. The van der Waals surface area contributed by atoms with Gasteiger partial charge in [0.25, 0.3) is 0 Å². The van der Waals surface area contributed by atoms with E-state index in [-0.39, 0.29) is 17.8 Å². The van der Waals surface area contributed by atoms with E-state index in [1.54, 1.807) is 6.26 Å². The van der Waals surface area contributed by atoms with E-state index in [1.807, 2.05) is 41.8 Å². The number of aromatic nitrogens is 3. The van der Waals surface area contributed by atoms with Crippen LogP contribution in [0.15, 0.2) is 52.2 Å². The second-order valence-electron chi connectivity index (χ2n) is 7.07. The number of amides is 1. The van der Waals surface area contributed by atoms with Gasteiger partial charge in [0, 0.05) is 18.7 Å². The number of nitrogens with zero attached hydrogens (tertiary/aromatic N) is 3. The highest BCUT2D eigenvalue weighted by atomic mass is 32.2. The highest BCUT2D eigenvalue weighted by Gasteiger charge is 2.19. The standard InChI is InChI=1S/C21H24N4O3S/c1-15-5-2-6-16(11-15)20-23-24-21(25(20)13-18-8-4-10-28-18)29-14-19(26)22-12-17-7-3-9-27-17/h2,4-6,8,10-11,17H,3,7,9,12-14H2,1H3,(H,22,26)/t17-/m0/s1. The molecule has 3 aromatic rings. The van der Waals surface area contributed by atoms with Crippen molar-refractivity contribution in [3.8, 4) is 11.4 Å². The van der Waals surface area contributed by atoms with Crippen molar-refractivity contribution < 1.29 is 13.9 Å². The Hall–Kier alpha value is -2.58. The number of nitrogens with one attached hydrogen (secondary N) is 1. The second kappa shape index (κ2) is 9.28. The highest BCUT2D eigenvalue weighted by Crippen LogP contribution is 2.26. The first-order valence-electron chi connectivity index (χ1n) is 9.73. The molecule has 1 saturated heterocycles. The largest absolute Gasteiger partial charge is 0.467 e. The molecule has 1 aromatic carbocycles. The molecule has 29 heavy (non-hydrogen) atoms. The zero-order chi connectivity index (χ0) is 20.1. The Morgan fingerprint density at radius 2 is 2.24 bits per heavy atom. The molecule has 1 atom stereocenters. The Balaban J connectivity index is 1.47. The molecule has 1 N–H and O–H groups in total. The summed E-state index contributed by atoms with van der Waals surface area (Å²) in [6.07, 6.45) is 3.86. The maximum absolute atomic E-state index is 12.3. The minimum absolute atomic E-state index is 0.0323. The molecule has 0 saturated carbocycles. The number of furan rings is 1. The van der Waals surface area contributed by atoms with Crippen LogP contribution in [0.5, 0.6) is 0 Å². The zero-order valence-electron chi connectivity index (χ0n) is 16.3. The average Bonchev–Trinajstić information content (AvgIpc) is 3.48. The minimum atomic E-state index is -0.0323. The molecule has 0 radical (unpaired) electrons. The lowest BCUT2D eigenvalue weighted by molar-refractivity contribution is -0.119. The van der Waals surface area contributed by atoms with Crippen LogP contribution in [0.1, 0.15) is 24.2 Å². The number of thioether (sulfide) groups is 1. The quantitative estimate of drug-likeness (QED) is 0.572. The van der Waals surface area contributed by atoms with Gasteiger partial charge in [-0.05, 0) is 38.0 Å². The van der Waals surface area contributed by atoms with Crippen LogP contribution in [0.4, 0.5) is 0 Å². The van der Waals surface area contributed by atoms with Crippen molar-refractivity contribution in [2.24, 2.45) is 0 Å². The van der Waals surface area contributed by atoms with Gasteiger partial charge in [-0.3, -0.25) is 9.36 Å². The van der Waals surface area contributed by atoms with E-state index in [1.165, 1.54) is 11.8 Å². The molecule has 7 nitrogen and oxygen atoms in total. The third kappa shape index (κ3) is 5.07. The van der Waals surface area contributed by atoms with E-state index in [4.69, 9.17) is 9.15 Å². The first kappa shape index (κ1) is 19.7. The maximum Gasteiger partial charge on any atom is 0.230 e. The fraction of sp³-hybridized carbons (Fsp3) is 0.381. The van der Waals surface area contributed by atoms with Crippen molar-refractivity contribution in [2.75, 3.05) is 18.9 Å². The van der Waals surface area contributed by atoms with Crippen LogP contribution in [0.25, 0.3) is 11.4 Å². The van der Waals surface area contributed by atoms with Crippen LogP contribution >= 0.6 is 11.8 Å². The predicted octanol–water partition coefficient (Wildman–Crippen LogP) is 3.28. The lowest BCUT2D eigenvalue weighted by Crippen LogP contribution is -2.32. The van der Waals surface area contributed by atoms with Gasteiger partial charge in [-0.2, -0.15) is 0 Å². The average molecular weight is 413 g/mol. The lowest BCUT2D eigenvalue weighted by Gasteiger charge is -2.11. The molecule has 0 spiro atoms. The van der Waals surface area contributed by atoms with E-state index in [9.17, 15) is 4.79 Å². The van der Waals surface area contributed by atoms with E-state index in [0.29, 0.717) is 18.2 Å². The third-order valence-electron chi connectivity index (χ3n) is 4.77. The van der Waals surface area contributed by atoms with Crippen molar-refractivity contribution in [3.05, 3.63) is 54.0 Å². The van der Waals surface area contributed by atoms with Gasteiger partial charge in [0.15, 0.2) is 11.0 Å². The summed E-state index contributed by atoms with van der Waals surface area (Å²) in [6.45, 7) is 3.90. The smallest absolute Gasteiger partial charge is 0.230 e. The third-order valence-corrected chi connectivity index (χ3v) is 5.74. The fourth-order valence-electron chi connectivity index (χ4n) is 3.31. The summed E-state index contributed by atoms with van der Waals surface area (Å²) >= 11 is 1.37. The van der Waals surface area contributed by atoms with Crippen LogP contribution in [-0.4, -0.2) is 45.7 Å². The van der Waals surface area contributed by atoms with Crippen LogP contribution < -0.4 is 5.32 Å². The van der Waals surface area contributed by atoms with Gasteiger partial charge in [0.2, 0.25) is 5.91 Å². The number of carbonyl (C=O) groups excluding carboxylic acids is 1. The molecule has 8 heteroatoms. The minimum Gasteiger partial charge on any atom is -0.467 e. The summed E-state index contributed by atoms with van der Waals surface area (Å²) in [5.74, 6) is 1.81. The van der Waals surface area contributed by atoms with Gasteiger partial charge in [-0.15, -0.1) is 10.2 Å². The van der Waals surface area contributed by atoms with E-state index in [2.05, 4.69) is 21.6 Å². The zero-order valence-corrected chi connectivity index (χ0v) is 17.2. The van der Waals surface area contributed by atoms with E-state index < -0.39 is 0 Å². The summed E-state index contributed by atoms with van der Waals surface area (Å²) in [6, 6.07) is 11.9. The molecule has 1 fully saturated rings. The first-order valence-corrected chi connectivity index (χ1v) is 10.7. The lowest BCUT2D eigenvalue weighted by atomic mass is 10.1. The van der Waals surface area contributed by atoms with Gasteiger partial charge in [-0.1, -0.05) is 35.5 Å². The molecule has 3 heterocycles. The molecule has 152 valence electrons. The van der Waals surface area contributed by atoms with Crippen molar-refractivity contribution in [2.45, 2.75) is 37.6 Å². The molecular weight excluding hydrogens is 388 g/mol. The van der Waals surface area contributed by atoms with Crippen LogP contribution in [0, 0.1) is 6.92 Å². The number of carbonyl (C=O) groups is 1. The molecule has 0 unspecified atom stereocenters. The Morgan fingerprint density at radius 3 is 3.00 bits per heavy atom. The van der Waals surface area contributed by atoms with E-state index >= 15 is 0 Å². The Bertz CT molecular complexity index is 949. The molecule has 1 amide bonds. The number of aryl methyl sites for hydroxylation is 1. The van der Waals surface area contributed by atoms with Crippen molar-refractivity contribution >= 4 is 17.7 Å². The fourth-order valence-corrected chi connectivity index (χ4v) is 4.08. The number of rotatable bonds is 8. The molecule has 0 bridgehead atoms. The van der Waals surface area contributed by atoms with Crippen molar-refractivity contribution in [3.63, 3.8) is 0 Å². The van der Waals surface area contributed by atoms with Gasteiger partial charge < -0.3 is 14.5 Å². The molecular formula is C21H24N4O3S. The molecule has 4 rings (SSSR count). The first-order chi connectivity index (χ1) is 14.2. The van der Waals surface area contributed by atoms with Gasteiger partial charge in [-0.25, -0.2) is 0 Å². The van der Waals surface area contributed by atoms with Crippen molar-refractivity contribution in [1.29, 1.82) is 0 Å². The SMILES string of the molecule is Cc1cccc(-c2nnc(SCC(=O)NC[C@@H]3CCCO3)n2Cc2ccco2)c1. The summed E-state index contributed by atoms with van der Waals surface area (Å²) in [7, 11) is 0. The molecule has 1 aliphatic heterocycles. The Kier molecular flexibility index (Phi) is 6.31. The molecule has 1 aliphatic rings. The summed E-state index contributed by atoms with van der Waals surface area (Å²) < 4.78 is 13.1. The van der Waals surface area contributed by atoms with Crippen LogP contribution in [0.2, 0.25) is 0 Å². The normalized spacial score (nSPS) is 16.2. The van der Waals surface area contributed by atoms with Gasteiger partial charge in [0.05, 0.1) is 24.7 Å². The molecule has 0 aliphatic carbocycles. The summed E-state index contributed by atoms with van der Waals surface area (Å²) in [4.78, 5) is 12.3. The Morgan fingerprint density at radius 1 is 1.31 bits per heavy atom. The highest BCUT2D eigenvalue weighted by molar-refractivity contribution is 7.99.